The summed E-state index contributed by atoms with van der Waals surface area (Å²) < 4.78 is 38.6. The van der Waals surface area contributed by atoms with E-state index in [1.54, 1.807) is 21.2 Å². The molecular weight excluding hydrogens is 341 g/mol. The number of rotatable bonds is 2. The first-order chi connectivity index (χ1) is 11.3. The third-order valence-electron chi connectivity index (χ3n) is 3.77. The predicted octanol–water partition coefficient (Wildman–Crippen LogP) is 2.83. The molecule has 0 bridgehead atoms. The fourth-order valence-electron chi connectivity index (χ4n) is 2.57. The molecular formula is C15H15F3N4OS. The molecule has 0 N–H and O–H groups in total. The van der Waals surface area contributed by atoms with Gasteiger partial charge in [-0.15, -0.1) is 0 Å². The molecule has 0 aromatic carbocycles. The van der Waals surface area contributed by atoms with Crippen molar-refractivity contribution in [1.29, 1.82) is 0 Å². The van der Waals surface area contributed by atoms with Crippen molar-refractivity contribution in [2.75, 3.05) is 31.1 Å². The van der Waals surface area contributed by atoms with Crippen LogP contribution in [-0.4, -0.2) is 47.0 Å². The Bertz CT molecular complexity index is 725. The third kappa shape index (κ3) is 3.50. The van der Waals surface area contributed by atoms with Crippen LogP contribution in [0.5, 0.6) is 0 Å². The lowest BCUT2D eigenvalue weighted by Gasteiger charge is -2.35. The topological polar surface area (TPSA) is 49.3 Å². The van der Waals surface area contributed by atoms with Crippen molar-refractivity contribution >= 4 is 23.1 Å². The number of anilines is 1. The summed E-state index contributed by atoms with van der Waals surface area (Å²) in [4.78, 5) is 23.3. The molecule has 1 aliphatic rings. The molecule has 1 fully saturated rings. The van der Waals surface area contributed by atoms with Crippen molar-refractivity contribution in [3.05, 3.63) is 40.0 Å². The van der Waals surface area contributed by atoms with Crippen molar-refractivity contribution in [3.8, 4) is 0 Å². The monoisotopic (exact) mass is 356 g/mol. The second-order valence-corrected chi connectivity index (χ2v) is 6.23. The zero-order valence-corrected chi connectivity index (χ0v) is 13.7. The molecule has 0 radical (unpaired) electrons. The fourth-order valence-corrected chi connectivity index (χ4v) is 3.20. The number of hydrogen-bond donors (Lipinski definition) is 0. The predicted molar refractivity (Wildman–Crippen MR) is 84.2 cm³/mol. The van der Waals surface area contributed by atoms with Gasteiger partial charge in [-0.2, -0.15) is 24.5 Å². The number of alkyl halides is 3. The summed E-state index contributed by atoms with van der Waals surface area (Å²) in [6.45, 7) is 3.19. The number of carbonyl (C=O) groups excluding carboxylic acids is 1. The number of aryl methyl sites for hydroxylation is 1. The van der Waals surface area contributed by atoms with Crippen LogP contribution in [0.4, 0.5) is 19.0 Å². The van der Waals surface area contributed by atoms with Crippen LogP contribution in [0.3, 0.4) is 0 Å². The molecule has 0 saturated carbocycles. The molecule has 3 heterocycles. The van der Waals surface area contributed by atoms with Crippen LogP contribution >= 0.6 is 11.3 Å². The zero-order valence-electron chi connectivity index (χ0n) is 12.9. The summed E-state index contributed by atoms with van der Waals surface area (Å²) in [7, 11) is 0. The Balaban J connectivity index is 1.71. The second-order valence-electron chi connectivity index (χ2n) is 5.45. The molecule has 2 aromatic heterocycles. The summed E-state index contributed by atoms with van der Waals surface area (Å²) in [5, 5.41) is 3.63. The van der Waals surface area contributed by atoms with Crippen LogP contribution in [0, 0.1) is 6.92 Å². The highest BCUT2D eigenvalue weighted by Gasteiger charge is 2.34. The van der Waals surface area contributed by atoms with Crippen molar-refractivity contribution in [3.63, 3.8) is 0 Å². The standard InChI is InChI=1S/C15H15F3N4OS/c1-10-19-12(15(16,17)18)8-13(20-10)21-3-5-22(6-4-21)14(23)11-2-7-24-9-11/h2,7-9H,3-6H2,1H3. The van der Waals surface area contributed by atoms with Gasteiger partial charge < -0.3 is 9.80 Å². The lowest BCUT2D eigenvalue weighted by Crippen LogP contribution is -2.49. The lowest BCUT2D eigenvalue weighted by atomic mass is 10.2. The van der Waals surface area contributed by atoms with E-state index in [-0.39, 0.29) is 17.5 Å². The average Bonchev–Trinajstić information content (AvgIpc) is 3.07. The van der Waals surface area contributed by atoms with Crippen molar-refractivity contribution < 1.29 is 18.0 Å². The number of amides is 1. The van der Waals surface area contributed by atoms with Gasteiger partial charge in [-0.1, -0.05) is 0 Å². The van der Waals surface area contributed by atoms with E-state index in [1.807, 2.05) is 5.38 Å². The van der Waals surface area contributed by atoms with Gasteiger partial charge in [0.15, 0.2) is 0 Å². The van der Waals surface area contributed by atoms with Crippen LogP contribution in [0.2, 0.25) is 0 Å². The Labute approximate surface area is 140 Å². The van der Waals surface area contributed by atoms with E-state index < -0.39 is 11.9 Å². The third-order valence-corrected chi connectivity index (χ3v) is 4.46. The van der Waals surface area contributed by atoms with E-state index in [9.17, 15) is 18.0 Å². The lowest BCUT2D eigenvalue weighted by molar-refractivity contribution is -0.141. The summed E-state index contributed by atoms with van der Waals surface area (Å²) in [6.07, 6.45) is -4.50. The number of nitrogens with zero attached hydrogens (tertiary/aromatic N) is 4. The largest absolute Gasteiger partial charge is 0.433 e. The molecule has 1 saturated heterocycles. The Morgan fingerprint density at radius 1 is 1.21 bits per heavy atom. The van der Waals surface area contributed by atoms with Crippen LogP contribution < -0.4 is 4.90 Å². The van der Waals surface area contributed by atoms with E-state index in [4.69, 9.17) is 0 Å². The van der Waals surface area contributed by atoms with E-state index in [0.717, 1.165) is 6.07 Å². The minimum atomic E-state index is -4.50. The summed E-state index contributed by atoms with van der Waals surface area (Å²) >= 11 is 1.45. The maximum absolute atomic E-state index is 12.9. The summed E-state index contributed by atoms with van der Waals surface area (Å²) in [6, 6.07) is 2.73. The molecule has 1 aliphatic heterocycles. The Morgan fingerprint density at radius 3 is 2.50 bits per heavy atom. The Morgan fingerprint density at radius 2 is 1.92 bits per heavy atom. The smallest absolute Gasteiger partial charge is 0.353 e. The Kier molecular flexibility index (Phi) is 4.44. The number of halogens is 3. The first-order valence-corrected chi connectivity index (χ1v) is 8.28. The SMILES string of the molecule is Cc1nc(N2CCN(C(=O)c3ccsc3)CC2)cc(C(F)(F)F)n1. The number of aromatic nitrogens is 2. The van der Waals surface area contributed by atoms with E-state index in [1.165, 1.54) is 18.3 Å². The van der Waals surface area contributed by atoms with Crippen LogP contribution in [0.25, 0.3) is 0 Å². The van der Waals surface area contributed by atoms with Crippen LogP contribution in [0.1, 0.15) is 21.9 Å². The fraction of sp³-hybridized carbons (Fsp3) is 0.400. The van der Waals surface area contributed by atoms with Gasteiger partial charge in [-0.05, 0) is 18.4 Å². The average molecular weight is 356 g/mol. The van der Waals surface area contributed by atoms with Gasteiger partial charge in [-0.25, -0.2) is 9.97 Å². The molecule has 2 aromatic rings. The number of thiophene rings is 1. The van der Waals surface area contributed by atoms with Crippen LogP contribution in [0.15, 0.2) is 22.9 Å². The molecule has 0 atom stereocenters. The quantitative estimate of drug-likeness (QED) is 0.830. The molecule has 128 valence electrons. The van der Waals surface area contributed by atoms with Gasteiger partial charge in [0.05, 0.1) is 5.56 Å². The van der Waals surface area contributed by atoms with Crippen molar-refractivity contribution in [2.24, 2.45) is 0 Å². The molecule has 0 aliphatic carbocycles. The van der Waals surface area contributed by atoms with E-state index >= 15 is 0 Å². The normalized spacial score (nSPS) is 15.7. The van der Waals surface area contributed by atoms with Crippen molar-refractivity contribution in [2.45, 2.75) is 13.1 Å². The molecule has 3 rings (SSSR count). The summed E-state index contributed by atoms with van der Waals surface area (Å²) in [5.41, 5.74) is -0.299. The van der Waals surface area contributed by atoms with Gasteiger partial charge in [-0.3, -0.25) is 4.79 Å². The highest BCUT2D eigenvalue weighted by molar-refractivity contribution is 7.08. The first kappa shape index (κ1) is 16.7. The van der Waals surface area contributed by atoms with Gasteiger partial charge in [0.2, 0.25) is 0 Å². The molecule has 0 spiro atoms. The van der Waals surface area contributed by atoms with Crippen molar-refractivity contribution in [1.82, 2.24) is 14.9 Å². The van der Waals surface area contributed by atoms with E-state index in [0.29, 0.717) is 31.7 Å². The maximum atomic E-state index is 12.9. The van der Waals surface area contributed by atoms with E-state index in [2.05, 4.69) is 9.97 Å². The molecule has 0 unspecified atom stereocenters. The van der Waals surface area contributed by atoms with Gasteiger partial charge in [0, 0.05) is 37.6 Å². The minimum absolute atomic E-state index is 0.0502. The van der Waals surface area contributed by atoms with Gasteiger partial charge >= 0.3 is 6.18 Å². The highest BCUT2D eigenvalue weighted by Crippen LogP contribution is 2.30. The molecule has 5 nitrogen and oxygen atoms in total. The number of hydrogen-bond acceptors (Lipinski definition) is 5. The highest BCUT2D eigenvalue weighted by atomic mass is 32.1. The minimum Gasteiger partial charge on any atom is -0.353 e. The number of piperazine rings is 1. The molecule has 9 heteroatoms. The Hall–Kier alpha value is -2.16. The van der Waals surface area contributed by atoms with Crippen LogP contribution in [-0.2, 0) is 6.18 Å². The van der Waals surface area contributed by atoms with Gasteiger partial charge in [0.1, 0.15) is 17.3 Å². The molecule has 1 amide bonds. The molecule has 24 heavy (non-hydrogen) atoms. The zero-order chi connectivity index (χ0) is 17.3. The number of carbonyl (C=O) groups is 1. The summed E-state index contributed by atoms with van der Waals surface area (Å²) in [5.74, 6) is 0.278. The first-order valence-electron chi connectivity index (χ1n) is 7.34. The van der Waals surface area contributed by atoms with Gasteiger partial charge in [0.25, 0.3) is 5.91 Å². The second kappa shape index (κ2) is 6.39. The maximum Gasteiger partial charge on any atom is 0.433 e.